The first-order valence-electron chi connectivity index (χ1n) is 8.39. The van der Waals surface area contributed by atoms with E-state index in [4.69, 9.17) is 0 Å². The van der Waals surface area contributed by atoms with Crippen LogP contribution in [-0.2, 0) is 19.3 Å². The Morgan fingerprint density at radius 1 is 0.964 bits per heavy atom. The van der Waals surface area contributed by atoms with Crippen molar-refractivity contribution in [1.82, 2.24) is 25.1 Å². The number of alkyl halides is 3. The molecule has 0 aliphatic heterocycles. The van der Waals surface area contributed by atoms with Gasteiger partial charge < -0.3 is 0 Å². The van der Waals surface area contributed by atoms with Gasteiger partial charge in [0, 0.05) is 12.1 Å². The van der Waals surface area contributed by atoms with Crippen molar-refractivity contribution in [3.63, 3.8) is 0 Å². The Kier molecular flexibility index (Phi) is 5.68. The summed E-state index contributed by atoms with van der Waals surface area (Å²) in [6.45, 7) is 2.41. The summed E-state index contributed by atoms with van der Waals surface area (Å²) in [6.07, 6.45) is -4.44. The molecular weight excluding hydrogens is 381 g/mol. The average molecular weight is 397 g/mol. The van der Waals surface area contributed by atoms with Gasteiger partial charge in [0.05, 0.1) is 17.8 Å². The van der Waals surface area contributed by atoms with Crippen LogP contribution in [0.3, 0.4) is 0 Å². The van der Waals surface area contributed by atoms with Crippen molar-refractivity contribution < 1.29 is 22.0 Å². The first-order valence-corrected chi connectivity index (χ1v) is 8.39. The summed E-state index contributed by atoms with van der Waals surface area (Å²) in [7, 11) is 0. The van der Waals surface area contributed by atoms with Gasteiger partial charge in [-0.05, 0) is 53.4 Å². The summed E-state index contributed by atoms with van der Waals surface area (Å²) >= 11 is 0. The first-order chi connectivity index (χ1) is 13.3. The van der Waals surface area contributed by atoms with Gasteiger partial charge in [-0.25, -0.2) is 8.78 Å². The smallest absolute Gasteiger partial charge is 0.292 e. The van der Waals surface area contributed by atoms with Crippen molar-refractivity contribution in [1.29, 1.82) is 0 Å². The van der Waals surface area contributed by atoms with Crippen molar-refractivity contribution in [2.45, 2.75) is 26.2 Å². The zero-order valence-electron chi connectivity index (χ0n) is 14.8. The summed E-state index contributed by atoms with van der Waals surface area (Å²) in [5.74, 6) is -0.972. The zero-order valence-corrected chi connectivity index (χ0v) is 14.8. The third-order valence-electron chi connectivity index (χ3n) is 4.23. The van der Waals surface area contributed by atoms with Crippen molar-refractivity contribution in [2.24, 2.45) is 0 Å². The van der Waals surface area contributed by atoms with E-state index in [9.17, 15) is 22.0 Å². The molecule has 28 heavy (non-hydrogen) atoms. The lowest BCUT2D eigenvalue weighted by atomic mass is 10.2. The van der Waals surface area contributed by atoms with Crippen LogP contribution in [0.1, 0.15) is 23.9 Å². The maximum atomic E-state index is 13.9. The molecule has 10 heteroatoms. The molecule has 0 spiro atoms. The second kappa shape index (κ2) is 8.01. The van der Waals surface area contributed by atoms with Crippen molar-refractivity contribution in [2.75, 3.05) is 6.54 Å². The maximum absolute atomic E-state index is 13.9. The standard InChI is InChI=1S/C18H16F5N5/c1-2-27(10-14-15(19)4-3-5-16(14)20)11-17-24-25-26-28(17)13-8-6-12(7-9-13)18(21,22)23/h3-9H,2,10-11H2,1H3. The predicted molar refractivity (Wildman–Crippen MR) is 90.3 cm³/mol. The van der Waals surface area contributed by atoms with Gasteiger partial charge >= 0.3 is 6.18 Å². The van der Waals surface area contributed by atoms with E-state index in [0.29, 0.717) is 18.1 Å². The van der Waals surface area contributed by atoms with Gasteiger partial charge in [-0.2, -0.15) is 17.9 Å². The van der Waals surface area contributed by atoms with Gasteiger partial charge in [0.1, 0.15) is 11.6 Å². The number of tetrazole rings is 1. The van der Waals surface area contributed by atoms with Gasteiger partial charge in [-0.3, -0.25) is 4.90 Å². The predicted octanol–water partition coefficient (Wildman–Crippen LogP) is 3.98. The van der Waals surface area contributed by atoms with Crippen LogP contribution in [0.25, 0.3) is 5.69 Å². The molecular formula is C18H16F5N5. The number of halogens is 5. The Hall–Kier alpha value is -2.88. The quantitative estimate of drug-likeness (QED) is 0.591. The first kappa shape index (κ1) is 19.9. The monoisotopic (exact) mass is 397 g/mol. The third kappa shape index (κ3) is 4.33. The highest BCUT2D eigenvalue weighted by molar-refractivity contribution is 5.35. The second-order valence-electron chi connectivity index (χ2n) is 6.06. The molecule has 0 aliphatic carbocycles. The molecule has 0 saturated carbocycles. The maximum Gasteiger partial charge on any atom is 0.416 e. The van der Waals surface area contributed by atoms with E-state index in [2.05, 4.69) is 15.5 Å². The summed E-state index contributed by atoms with van der Waals surface area (Å²) in [6, 6.07) is 8.04. The highest BCUT2D eigenvalue weighted by atomic mass is 19.4. The van der Waals surface area contributed by atoms with Crippen LogP contribution in [0, 0.1) is 11.6 Å². The molecule has 0 radical (unpaired) electrons. The van der Waals surface area contributed by atoms with Crippen LogP contribution >= 0.6 is 0 Å². The molecule has 0 saturated heterocycles. The lowest BCUT2D eigenvalue weighted by molar-refractivity contribution is -0.137. The van der Waals surface area contributed by atoms with Crippen LogP contribution in [0.2, 0.25) is 0 Å². The van der Waals surface area contributed by atoms with Gasteiger partial charge in [-0.15, -0.1) is 5.10 Å². The van der Waals surface area contributed by atoms with Crippen LogP contribution in [-0.4, -0.2) is 31.7 Å². The number of hydrogen-bond donors (Lipinski definition) is 0. The molecule has 0 unspecified atom stereocenters. The topological polar surface area (TPSA) is 46.8 Å². The van der Waals surface area contributed by atoms with E-state index in [1.807, 2.05) is 6.92 Å². The summed E-state index contributed by atoms with van der Waals surface area (Å²) in [4.78, 5) is 1.72. The molecule has 3 rings (SSSR count). The summed E-state index contributed by atoms with van der Waals surface area (Å²) in [5.41, 5.74) is -0.505. The van der Waals surface area contributed by atoms with Crippen LogP contribution in [0.4, 0.5) is 22.0 Å². The van der Waals surface area contributed by atoms with Crippen molar-refractivity contribution >= 4 is 0 Å². The minimum atomic E-state index is -4.44. The number of hydrogen-bond acceptors (Lipinski definition) is 4. The van der Waals surface area contributed by atoms with E-state index in [1.54, 1.807) is 4.90 Å². The van der Waals surface area contributed by atoms with Crippen LogP contribution < -0.4 is 0 Å². The zero-order chi connectivity index (χ0) is 20.3. The fourth-order valence-corrected chi connectivity index (χ4v) is 2.68. The molecule has 0 amide bonds. The minimum Gasteiger partial charge on any atom is -0.292 e. The largest absolute Gasteiger partial charge is 0.416 e. The SMILES string of the molecule is CCN(Cc1c(F)cccc1F)Cc1nnnn1-c1ccc(C(F)(F)F)cc1. The summed E-state index contributed by atoms with van der Waals surface area (Å²) < 4.78 is 67.2. The Balaban J connectivity index is 1.81. The molecule has 0 fully saturated rings. The van der Waals surface area contributed by atoms with E-state index >= 15 is 0 Å². The van der Waals surface area contributed by atoms with E-state index < -0.39 is 23.4 Å². The van der Waals surface area contributed by atoms with Crippen LogP contribution in [0.15, 0.2) is 42.5 Å². The molecule has 5 nitrogen and oxygen atoms in total. The van der Waals surface area contributed by atoms with Gasteiger partial charge in [-0.1, -0.05) is 13.0 Å². The highest BCUT2D eigenvalue weighted by Gasteiger charge is 2.30. The molecule has 1 heterocycles. The molecule has 0 bridgehead atoms. The van der Waals surface area contributed by atoms with Crippen molar-refractivity contribution in [3.8, 4) is 5.69 Å². The number of rotatable bonds is 6. The average Bonchev–Trinajstić information content (AvgIpc) is 3.11. The molecule has 0 atom stereocenters. The van der Waals surface area contributed by atoms with E-state index in [0.717, 1.165) is 12.1 Å². The van der Waals surface area contributed by atoms with Crippen molar-refractivity contribution in [3.05, 3.63) is 71.1 Å². The molecule has 148 valence electrons. The Labute approximate surface area is 157 Å². The Bertz CT molecular complexity index is 916. The molecule has 2 aromatic carbocycles. The summed E-state index contributed by atoms with van der Waals surface area (Å²) in [5, 5.41) is 11.3. The molecule has 0 aliphatic rings. The second-order valence-corrected chi connectivity index (χ2v) is 6.06. The number of nitrogens with zero attached hydrogens (tertiary/aromatic N) is 5. The number of benzene rings is 2. The molecule has 0 N–H and O–H groups in total. The van der Waals surface area contributed by atoms with E-state index in [1.165, 1.54) is 35.0 Å². The lowest BCUT2D eigenvalue weighted by Gasteiger charge is -2.20. The molecule has 3 aromatic rings. The Morgan fingerprint density at radius 2 is 1.61 bits per heavy atom. The highest BCUT2D eigenvalue weighted by Crippen LogP contribution is 2.29. The number of aromatic nitrogens is 4. The fourth-order valence-electron chi connectivity index (χ4n) is 2.68. The minimum absolute atomic E-state index is 0.00508. The van der Waals surface area contributed by atoms with E-state index in [-0.39, 0.29) is 18.7 Å². The fraction of sp³-hybridized carbons (Fsp3) is 0.278. The van der Waals surface area contributed by atoms with Gasteiger partial charge in [0.2, 0.25) is 0 Å². The third-order valence-corrected chi connectivity index (χ3v) is 4.23. The lowest BCUT2D eigenvalue weighted by Crippen LogP contribution is -2.25. The van der Waals surface area contributed by atoms with Crippen LogP contribution in [0.5, 0.6) is 0 Å². The Morgan fingerprint density at radius 3 is 2.18 bits per heavy atom. The molecule has 1 aromatic heterocycles. The van der Waals surface area contributed by atoms with Gasteiger partial charge in [0.25, 0.3) is 0 Å². The van der Waals surface area contributed by atoms with Gasteiger partial charge in [0.15, 0.2) is 5.82 Å². The normalized spacial score (nSPS) is 12.0.